The third-order valence-electron chi connectivity index (χ3n) is 4.09. The largest absolute Gasteiger partial charge is 0.379 e. The summed E-state index contributed by atoms with van der Waals surface area (Å²) >= 11 is 1.80. The number of thioether (sulfide) groups is 1. The topological polar surface area (TPSA) is 92.3 Å². The van der Waals surface area contributed by atoms with Crippen LogP contribution < -0.4 is 10.6 Å². The second-order valence-corrected chi connectivity index (χ2v) is 9.28. The fourth-order valence-corrected chi connectivity index (χ4v) is 5.14. The zero-order valence-corrected chi connectivity index (χ0v) is 16.5. The lowest BCUT2D eigenvalue weighted by Crippen LogP contribution is -2.44. The highest BCUT2D eigenvalue weighted by molar-refractivity contribution is 7.99. The molecular weight excluding hydrogens is 364 g/mol. The fraction of sp³-hybridized carbons (Fsp3) is 0.933. The first-order valence-corrected chi connectivity index (χ1v) is 11.6. The van der Waals surface area contributed by atoms with E-state index in [9.17, 15) is 8.42 Å². The molecule has 2 fully saturated rings. The highest BCUT2D eigenvalue weighted by atomic mass is 32.2. The summed E-state index contributed by atoms with van der Waals surface area (Å²) in [4.78, 5) is 4.12. The summed E-state index contributed by atoms with van der Waals surface area (Å²) < 4.78 is 37.1. The lowest BCUT2D eigenvalue weighted by Gasteiger charge is -2.25. The average molecular weight is 395 g/mol. The van der Waals surface area contributed by atoms with Gasteiger partial charge in [-0.1, -0.05) is 0 Å². The Kier molecular flexibility index (Phi) is 9.32. The minimum Gasteiger partial charge on any atom is -0.379 e. The molecule has 25 heavy (non-hydrogen) atoms. The Hall–Kier alpha value is -0.550. The van der Waals surface area contributed by atoms with E-state index in [1.807, 2.05) is 0 Å². The van der Waals surface area contributed by atoms with Gasteiger partial charge in [0.25, 0.3) is 0 Å². The molecule has 0 aliphatic carbocycles. The van der Waals surface area contributed by atoms with Crippen LogP contribution in [0.5, 0.6) is 0 Å². The molecular formula is C15H30N4O4S2. The number of ether oxygens (including phenoxy) is 2. The van der Waals surface area contributed by atoms with Crippen molar-refractivity contribution in [2.75, 3.05) is 70.3 Å². The fourth-order valence-electron chi connectivity index (χ4n) is 2.65. The molecule has 1 atom stereocenters. The molecule has 146 valence electrons. The molecule has 8 nitrogen and oxygen atoms in total. The van der Waals surface area contributed by atoms with E-state index in [2.05, 4.69) is 15.6 Å². The molecule has 0 aromatic rings. The van der Waals surface area contributed by atoms with E-state index in [0.29, 0.717) is 38.8 Å². The van der Waals surface area contributed by atoms with Crippen molar-refractivity contribution in [3.05, 3.63) is 0 Å². The molecule has 0 saturated carbocycles. The number of hydrogen-bond donors (Lipinski definition) is 2. The van der Waals surface area contributed by atoms with E-state index in [0.717, 1.165) is 37.5 Å². The molecule has 2 N–H and O–H groups in total. The lowest BCUT2D eigenvalue weighted by molar-refractivity contribution is 0.0420. The molecule has 2 aliphatic heterocycles. The smallest absolute Gasteiger partial charge is 0.215 e. The maximum absolute atomic E-state index is 12.3. The van der Waals surface area contributed by atoms with Gasteiger partial charge in [-0.05, 0) is 12.8 Å². The van der Waals surface area contributed by atoms with Crippen molar-refractivity contribution >= 4 is 27.7 Å². The van der Waals surface area contributed by atoms with Crippen LogP contribution in [0.1, 0.15) is 12.8 Å². The van der Waals surface area contributed by atoms with Gasteiger partial charge in [0.05, 0.1) is 18.5 Å². The van der Waals surface area contributed by atoms with E-state index >= 15 is 0 Å². The van der Waals surface area contributed by atoms with Crippen LogP contribution in [0.25, 0.3) is 0 Å². The van der Waals surface area contributed by atoms with Crippen LogP contribution in [0.2, 0.25) is 0 Å². The van der Waals surface area contributed by atoms with Crippen LogP contribution in [-0.2, 0) is 19.5 Å². The van der Waals surface area contributed by atoms with Crippen LogP contribution in [0.3, 0.4) is 0 Å². The zero-order valence-electron chi connectivity index (χ0n) is 14.9. The molecule has 0 radical (unpaired) electrons. The van der Waals surface area contributed by atoms with Crippen molar-refractivity contribution in [2.24, 2.45) is 4.99 Å². The van der Waals surface area contributed by atoms with Crippen LogP contribution in [0.4, 0.5) is 0 Å². The van der Waals surface area contributed by atoms with Crippen molar-refractivity contribution in [1.29, 1.82) is 0 Å². The molecule has 0 aromatic carbocycles. The molecule has 0 spiro atoms. The Bertz CT molecular complexity index is 504. The molecule has 2 aliphatic rings. The van der Waals surface area contributed by atoms with E-state index in [4.69, 9.17) is 9.47 Å². The number of nitrogens with one attached hydrogen (secondary N) is 2. The quantitative estimate of drug-likeness (QED) is 0.316. The molecule has 2 heterocycles. The van der Waals surface area contributed by atoms with Gasteiger partial charge in [-0.3, -0.25) is 4.99 Å². The summed E-state index contributed by atoms with van der Waals surface area (Å²) in [5.41, 5.74) is 0. The van der Waals surface area contributed by atoms with Crippen molar-refractivity contribution < 1.29 is 17.9 Å². The van der Waals surface area contributed by atoms with E-state index in [1.54, 1.807) is 23.1 Å². The molecule has 0 bridgehead atoms. The Labute approximate surface area is 155 Å². The zero-order chi connectivity index (χ0) is 18.0. The van der Waals surface area contributed by atoms with E-state index in [-0.39, 0.29) is 11.9 Å². The first-order valence-electron chi connectivity index (χ1n) is 8.81. The predicted molar refractivity (Wildman–Crippen MR) is 102 cm³/mol. The predicted octanol–water partition coefficient (Wildman–Crippen LogP) is -0.274. The number of sulfonamides is 1. The summed E-state index contributed by atoms with van der Waals surface area (Å²) in [6.45, 7) is 4.47. The maximum Gasteiger partial charge on any atom is 0.215 e. The molecule has 2 saturated heterocycles. The number of hydrogen-bond acceptors (Lipinski definition) is 6. The summed E-state index contributed by atoms with van der Waals surface area (Å²) in [5.74, 6) is 2.47. The molecule has 0 aromatic heterocycles. The third kappa shape index (κ3) is 7.69. The minimum absolute atomic E-state index is 0.0865. The number of rotatable bonds is 9. The molecule has 10 heteroatoms. The summed E-state index contributed by atoms with van der Waals surface area (Å²) in [5, 5.41) is 6.24. The Morgan fingerprint density at radius 3 is 2.76 bits per heavy atom. The average Bonchev–Trinajstić information content (AvgIpc) is 3.14. The van der Waals surface area contributed by atoms with Gasteiger partial charge in [0.15, 0.2) is 5.96 Å². The Morgan fingerprint density at radius 1 is 1.32 bits per heavy atom. The van der Waals surface area contributed by atoms with E-state index in [1.165, 1.54) is 0 Å². The van der Waals surface area contributed by atoms with Crippen molar-refractivity contribution in [2.45, 2.75) is 18.9 Å². The number of guanidine groups is 1. The first-order chi connectivity index (χ1) is 12.1. The minimum atomic E-state index is -3.18. The van der Waals surface area contributed by atoms with Crippen molar-refractivity contribution in [3.63, 3.8) is 0 Å². The summed E-state index contributed by atoms with van der Waals surface area (Å²) in [6.07, 6.45) is 2.07. The van der Waals surface area contributed by atoms with Crippen LogP contribution in [-0.4, -0.2) is 95.1 Å². The Balaban J connectivity index is 1.56. The van der Waals surface area contributed by atoms with Gasteiger partial charge in [-0.15, -0.1) is 0 Å². The molecule has 1 unspecified atom stereocenters. The number of aliphatic imine (C=N–C) groups is 1. The van der Waals surface area contributed by atoms with Crippen molar-refractivity contribution in [3.8, 4) is 0 Å². The third-order valence-corrected chi connectivity index (χ3v) is 6.91. The van der Waals surface area contributed by atoms with Gasteiger partial charge in [0, 0.05) is 57.9 Å². The van der Waals surface area contributed by atoms with Gasteiger partial charge in [-0.2, -0.15) is 11.8 Å². The highest BCUT2D eigenvalue weighted by Crippen LogP contribution is 2.13. The Morgan fingerprint density at radius 2 is 2.08 bits per heavy atom. The second kappa shape index (κ2) is 11.2. The standard InChI is InChI=1S/C15H30N4O4S2/c1-16-15(17-4-2-8-23-14-3-9-22-13-14)18-5-12-25(20,21)19-6-10-24-11-7-19/h14H,2-13H2,1H3,(H2,16,17,18). The van der Waals surface area contributed by atoms with Gasteiger partial charge < -0.3 is 20.1 Å². The second-order valence-electron chi connectivity index (χ2n) is 5.96. The SMILES string of the molecule is CN=C(NCCCOC1CCOC1)NCCS(=O)(=O)N1CCSCC1. The summed E-state index contributed by atoms with van der Waals surface area (Å²) in [7, 11) is -1.50. The maximum atomic E-state index is 12.3. The van der Waals surface area contributed by atoms with Gasteiger partial charge >= 0.3 is 0 Å². The first kappa shape index (κ1) is 20.8. The monoisotopic (exact) mass is 394 g/mol. The lowest BCUT2D eigenvalue weighted by atomic mass is 10.3. The van der Waals surface area contributed by atoms with E-state index < -0.39 is 10.0 Å². The van der Waals surface area contributed by atoms with Crippen LogP contribution in [0, 0.1) is 0 Å². The van der Waals surface area contributed by atoms with Gasteiger partial charge in [0.1, 0.15) is 0 Å². The van der Waals surface area contributed by atoms with Crippen LogP contribution >= 0.6 is 11.8 Å². The van der Waals surface area contributed by atoms with Gasteiger partial charge in [-0.25, -0.2) is 12.7 Å². The van der Waals surface area contributed by atoms with Gasteiger partial charge in [0.2, 0.25) is 10.0 Å². The van der Waals surface area contributed by atoms with Crippen molar-refractivity contribution in [1.82, 2.24) is 14.9 Å². The van der Waals surface area contributed by atoms with Crippen LogP contribution in [0.15, 0.2) is 4.99 Å². The molecule has 0 amide bonds. The highest BCUT2D eigenvalue weighted by Gasteiger charge is 2.23. The summed E-state index contributed by atoms with van der Waals surface area (Å²) in [6, 6.07) is 0. The number of nitrogens with zero attached hydrogens (tertiary/aromatic N) is 2. The normalized spacial score (nSPS) is 22.9. The molecule has 2 rings (SSSR count).